The zero-order valence-corrected chi connectivity index (χ0v) is 9.73. The van der Waals surface area contributed by atoms with E-state index in [1.165, 1.54) is 0 Å². The van der Waals surface area contributed by atoms with Crippen molar-refractivity contribution in [1.29, 1.82) is 0 Å². The van der Waals surface area contributed by atoms with Crippen molar-refractivity contribution >= 4 is 30.0 Å². The second kappa shape index (κ2) is 5.57. The topological polar surface area (TPSA) is 63.3 Å². The van der Waals surface area contributed by atoms with E-state index < -0.39 is 29.3 Å². The first kappa shape index (κ1) is 16.0. The molecule has 0 saturated heterocycles. The molecule has 1 unspecified atom stereocenters. The van der Waals surface area contributed by atoms with Crippen LogP contribution >= 0.6 is 24.0 Å². The van der Waals surface area contributed by atoms with Crippen LogP contribution in [0.1, 0.15) is 17.2 Å². The Morgan fingerprint density at radius 3 is 2.35 bits per heavy atom. The summed E-state index contributed by atoms with van der Waals surface area (Å²) in [6.07, 6.45) is -4.69. The molecule has 0 fully saturated rings. The van der Waals surface area contributed by atoms with E-state index in [1.54, 1.807) is 0 Å². The lowest BCUT2D eigenvalue weighted by molar-refractivity contribution is -0.141. The number of carboxylic acids is 1. The highest BCUT2D eigenvalue weighted by atomic mass is 35.5. The van der Waals surface area contributed by atoms with Gasteiger partial charge in [-0.2, -0.15) is 13.2 Å². The first-order valence-corrected chi connectivity index (χ1v) is 4.46. The van der Waals surface area contributed by atoms with Gasteiger partial charge < -0.3 is 10.8 Å². The van der Waals surface area contributed by atoms with Gasteiger partial charge >= 0.3 is 12.1 Å². The normalized spacial score (nSPS) is 12.8. The van der Waals surface area contributed by atoms with E-state index >= 15 is 0 Å². The third-order valence-electron chi connectivity index (χ3n) is 1.92. The van der Waals surface area contributed by atoms with Gasteiger partial charge in [0.2, 0.25) is 0 Å². The fourth-order valence-electron chi connectivity index (χ4n) is 1.18. The third kappa shape index (κ3) is 3.76. The average Bonchev–Trinajstić information content (AvgIpc) is 2.15. The molecule has 0 saturated carbocycles. The fraction of sp³-hybridized carbons (Fsp3) is 0.222. The zero-order valence-electron chi connectivity index (χ0n) is 8.16. The molecule has 0 spiro atoms. The molecule has 0 aromatic heterocycles. The van der Waals surface area contributed by atoms with Crippen LogP contribution in [0.4, 0.5) is 13.2 Å². The zero-order chi connectivity index (χ0) is 12.5. The molecule has 3 nitrogen and oxygen atoms in total. The highest BCUT2D eigenvalue weighted by Gasteiger charge is 2.36. The van der Waals surface area contributed by atoms with Crippen LogP contribution in [-0.2, 0) is 11.0 Å². The Hall–Kier alpha value is -0.980. The third-order valence-corrected chi connectivity index (χ3v) is 2.16. The molecule has 1 aromatic rings. The molecule has 0 radical (unpaired) electrons. The average molecular weight is 290 g/mol. The molecule has 0 amide bonds. The number of halogens is 5. The van der Waals surface area contributed by atoms with Gasteiger partial charge in [0.05, 0.1) is 5.56 Å². The van der Waals surface area contributed by atoms with Crippen LogP contribution in [0.15, 0.2) is 18.2 Å². The standard InChI is InChI=1S/C9H7ClF3NO2.ClH/c10-4-1-2-5(7(14)8(15)16)6(3-4)9(11,12)13;/h1-3,7H,14H2,(H,15,16);1H. The number of benzene rings is 1. The molecule has 0 heterocycles. The predicted molar refractivity (Wildman–Crippen MR) is 58.3 cm³/mol. The highest BCUT2D eigenvalue weighted by Crippen LogP contribution is 2.35. The van der Waals surface area contributed by atoms with Crippen LogP contribution in [-0.4, -0.2) is 11.1 Å². The van der Waals surface area contributed by atoms with Crippen molar-refractivity contribution in [2.75, 3.05) is 0 Å². The summed E-state index contributed by atoms with van der Waals surface area (Å²) in [6, 6.07) is 1.05. The number of hydrogen-bond acceptors (Lipinski definition) is 2. The first-order valence-electron chi connectivity index (χ1n) is 4.08. The Labute approximate surface area is 106 Å². The molecule has 96 valence electrons. The Morgan fingerprint density at radius 1 is 1.41 bits per heavy atom. The molecular formula is C9H8Cl2F3NO2. The number of aliphatic carboxylic acids is 1. The van der Waals surface area contributed by atoms with Crippen LogP contribution in [0, 0.1) is 0 Å². The molecule has 1 atom stereocenters. The van der Waals surface area contributed by atoms with Gasteiger partial charge in [-0.15, -0.1) is 12.4 Å². The summed E-state index contributed by atoms with van der Waals surface area (Å²) in [4.78, 5) is 10.5. The molecule has 0 aliphatic heterocycles. The molecule has 17 heavy (non-hydrogen) atoms. The Bertz CT molecular complexity index is 423. The van der Waals surface area contributed by atoms with E-state index in [1.807, 2.05) is 0 Å². The number of nitrogens with two attached hydrogens (primary N) is 1. The second-order valence-corrected chi connectivity index (χ2v) is 3.48. The number of hydrogen-bond donors (Lipinski definition) is 2. The number of alkyl halides is 3. The quantitative estimate of drug-likeness (QED) is 0.880. The predicted octanol–water partition coefficient (Wildman–Crippen LogP) is 2.87. The van der Waals surface area contributed by atoms with E-state index in [0.29, 0.717) is 6.07 Å². The molecule has 3 N–H and O–H groups in total. The van der Waals surface area contributed by atoms with Gasteiger partial charge in [-0.05, 0) is 17.7 Å². The lowest BCUT2D eigenvalue weighted by Gasteiger charge is -2.15. The fourth-order valence-corrected chi connectivity index (χ4v) is 1.35. The summed E-state index contributed by atoms with van der Waals surface area (Å²) >= 11 is 5.42. The maximum absolute atomic E-state index is 12.5. The van der Waals surface area contributed by atoms with Crippen LogP contribution in [0.5, 0.6) is 0 Å². The lowest BCUT2D eigenvalue weighted by Crippen LogP contribution is -2.24. The summed E-state index contributed by atoms with van der Waals surface area (Å²) in [5.74, 6) is -1.53. The van der Waals surface area contributed by atoms with Gasteiger partial charge in [0.1, 0.15) is 6.04 Å². The molecular weight excluding hydrogens is 282 g/mol. The van der Waals surface area contributed by atoms with Gasteiger partial charge in [0.15, 0.2) is 0 Å². The minimum atomic E-state index is -4.69. The van der Waals surface area contributed by atoms with Crippen molar-refractivity contribution < 1.29 is 23.1 Å². The molecule has 8 heteroatoms. The van der Waals surface area contributed by atoms with E-state index in [4.69, 9.17) is 22.4 Å². The molecule has 1 aromatic carbocycles. The van der Waals surface area contributed by atoms with Gasteiger partial charge in [-0.1, -0.05) is 17.7 Å². The summed E-state index contributed by atoms with van der Waals surface area (Å²) in [7, 11) is 0. The van der Waals surface area contributed by atoms with Crippen LogP contribution in [0.25, 0.3) is 0 Å². The summed E-state index contributed by atoms with van der Waals surface area (Å²) in [5, 5.41) is 8.44. The maximum Gasteiger partial charge on any atom is 0.416 e. The minimum Gasteiger partial charge on any atom is -0.480 e. The summed E-state index contributed by atoms with van der Waals surface area (Å²) in [5.41, 5.74) is 3.50. The Balaban J connectivity index is 0.00000256. The van der Waals surface area contributed by atoms with Crippen LogP contribution in [0.2, 0.25) is 5.02 Å². The Kier molecular flexibility index (Phi) is 5.25. The number of carboxylic acid groups (broad SMARTS) is 1. The highest BCUT2D eigenvalue weighted by molar-refractivity contribution is 6.30. The van der Waals surface area contributed by atoms with Crippen molar-refractivity contribution in [3.8, 4) is 0 Å². The SMILES string of the molecule is Cl.NC(C(=O)O)c1ccc(Cl)cc1C(F)(F)F. The van der Waals surface area contributed by atoms with E-state index in [-0.39, 0.29) is 17.4 Å². The van der Waals surface area contributed by atoms with Crippen molar-refractivity contribution in [2.45, 2.75) is 12.2 Å². The van der Waals surface area contributed by atoms with Gasteiger partial charge in [-0.3, -0.25) is 4.79 Å². The summed E-state index contributed by atoms with van der Waals surface area (Å²) < 4.78 is 37.6. The largest absolute Gasteiger partial charge is 0.480 e. The van der Waals surface area contributed by atoms with Gasteiger partial charge in [0.25, 0.3) is 0 Å². The smallest absolute Gasteiger partial charge is 0.416 e. The molecule has 0 aliphatic carbocycles. The van der Waals surface area contributed by atoms with Crippen LogP contribution < -0.4 is 5.73 Å². The minimum absolute atomic E-state index is 0. The van der Waals surface area contributed by atoms with Crippen molar-refractivity contribution in [3.05, 3.63) is 34.3 Å². The summed E-state index contributed by atoms with van der Waals surface area (Å²) in [6.45, 7) is 0. The van der Waals surface area contributed by atoms with E-state index in [0.717, 1.165) is 12.1 Å². The monoisotopic (exact) mass is 289 g/mol. The van der Waals surface area contributed by atoms with Crippen LogP contribution in [0.3, 0.4) is 0 Å². The molecule has 1 rings (SSSR count). The van der Waals surface area contributed by atoms with Gasteiger partial charge in [-0.25, -0.2) is 0 Å². The molecule has 0 bridgehead atoms. The van der Waals surface area contributed by atoms with Gasteiger partial charge in [0, 0.05) is 5.02 Å². The van der Waals surface area contributed by atoms with Crippen molar-refractivity contribution in [2.24, 2.45) is 5.73 Å². The number of carbonyl (C=O) groups is 1. The first-order chi connectivity index (χ1) is 7.23. The maximum atomic E-state index is 12.5. The lowest BCUT2D eigenvalue weighted by atomic mass is 10.0. The van der Waals surface area contributed by atoms with E-state index in [9.17, 15) is 18.0 Å². The Morgan fingerprint density at radius 2 is 1.94 bits per heavy atom. The van der Waals surface area contributed by atoms with E-state index in [2.05, 4.69) is 0 Å². The van der Waals surface area contributed by atoms with Crippen molar-refractivity contribution in [1.82, 2.24) is 0 Å². The number of rotatable bonds is 2. The second-order valence-electron chi connectivity index (χ2n) is 3.05. The van der Waals surface area contributed by atoms with Crippen molar-refractivity contribution in [3.63, 3.8) is 0 Å². The molecule has 0 aliphatic rings.